The van der Waals surface area contributed by atoms with Crippen molar-refractivity contribution in [2.45, 2.75) is 32.1 Å². The van der Waals surface area contributed by atoms with Crippen LogP contribution in [0.3, 0.4) is 0 Å². The summed E-state index contributed by atoms with van der Waals surface area (Å²) in [4.78, 5) is 4.15. The van der Waals surface area contributed by atoms with Crippen LogP contribution in [-0.4, -0.2) is 31.1 Å². The van der Waals surface area contributed by atoms with Crippen molar-refractivity contribution in [1.29, 1.82) is 0 Å². The van der Waals surface area contributed by atoms with E-state index in [2.05, 4.69) is 11.9 Å². The molecule has 0 radical (unpaired) electrons. The van der Waals surface area contributed by atoms with Crippen LogP contribution in [0.25, 0.3) is 0 Å². The molecule has 0 saturated carbocycles. The number of hydrogen-bond acceptors (Lipinski definition) is 5. The predicted molar refractivity (Wildman–Crippen MR) is 67.3 cm³/mol. The minimum absolute atomic E-state index is 0.147. The number of hydrogen-bond donors (Lipinski definition) is 1. The molecule has 5 heteroatoms. The largest absolute Gasteiger partial charge is 0.492 e. The van der Waals surface area contributed by atoms with Gasteiger partial charge in [0, 0.05) is 18.7 Å². The minimum Gasteiger partial charge on any atom is -0.492 e. The predicted octanol–water partition coefficient (Wildman–Crippen LogP) is 1.63. The summed E-state index contributed by atoms with van der Waals surface area (Å²) in [5.41, 5.74) is 7.06. The van der Waals surface area contributed by atoms with E-state index in [1.165, 1.54) is 0 Å². The molecular formula is C13H20N2O3. The zero-order chi connectivity index (χ0) is 12.8. The van der Waals surface area contributed by atoms with Gasteiger partial charge in [-0.05, 0) is 18.1 Å². The van der Waals surface area contributed by atoms with Crippen molar-refractivity contribution in [2.75, 3.05) is 19.8 Å². The third-order valence-corrected chi connectivity index (χ3v) is 2.77. The molecule has 0 amide bonds. The average Bonchev–Trinajstić information content (AvgIpc) is 2.89. The lowest BCUT2D eigenvalue weighted by atomic mass is 10.1. The van der Waals surface area contributed by atoms with E-state index in [1.54, 1.807) is 12.4 Å². The highest BCUT2D eigenvalue weighted by molar-refractivity contribution is 5.25. The highest BCUT2D eigenvalue weighted by atomic mass is 16.7. The second-order valence-electron chi connectivity index (χ2n) is 4.32. The Hall–Kier alpha value is -1.17. The number of nitrogens with zero attached hydrogens (tertiary/aromatic N) is 1. The van der Waals surface area contributed by atoms with E-state index in [0.29, 0.717) is 26.2 Å². The molecule has 1 aliphatic rings. The molecule has 1 aromatic heterocycles. The average molecular weight is 252 g/mol. The highest BCUT2D eigenvalue weighted by Gasteiger charge is 2.20. The smallest absolute Gasteiger partial charge is 0.159 e. The van der Waals surface area contributed by atoms with Gasteiger partial charge in [-0.25, -0.2) is 0 Å². The van der Waals surface area contributed by atoms with E-state index < -0.39 is 0 Å². The molecule has 5 nitrogen and oxygen atoms in total. The number of ether oxygens (including phenoxy) is 3. The van der Waals surface area contributed by atoms with Gasteiger partial charge in [-0.2, -0.15) is 0 Å². The number of nitrogens with two attached hydrogens (primary N) is 1. The molecule has 100 valence electrons. The van der Waals surface area contributed by atoms with Crippen LogP contribution in [0, 0.1) is 0 Å². The lowest BCUT2D eigenvalue weighted by molar-refractivity contribution is -0.0507. The van der Waals surface area contributed by atoms with Gasteiger partial charge in [0.1, 0.15) is 5.75 Å². The summed E-state index contributed by atoms with van der Waals surface area (Å²) in [6.07, 6.45) is 4.88. The Morgan fingerprint density at radius 3 is 2.94 bits per heavy atom. The maximum absolute atomic E-state index is 6.12. The van der Waals surface area contributed by atoms with Crippen molar-refractivity contribution in [1.82, 2.24) is 4.98 Å². The standard InChI is InChI=1S/C13H20N2O3/c1-2-3-16-11-6-10(8-15-9-11)12(14)7-13-17-4-5-18-13/h6,8-9,12-13H,2-5,7,14H2,1H3. The van der Waals surface area contributed by atoms with E-state index in [1.807, 2.05) is 6.07 Å². The van der Waals surface area contributed by atoms with Crippen molar-refractivity contribution < 1.29 is 14.2 Å². The molecule has 1 saturated heterocycles. The maximum atomic E-state index is 6.12. The fourth-order valence-electron chi connectivity index (χ4n) is 1.82. The summed E-state index contributed by atoms with van der Waals surface area (Å²) >= 11 is 0. The SMILES string of the molecule is CCCOc1cncc(C(N)CC2OCCO2)c1. The van der Waals surface area contributed by atoms with Crippen LogP contribution >= 0.6 is 0 Å². The molecule has 0 spiro atoms. The first-order valence-corrected chi connectivity index (χ1v) is 6.36. The molecule has 0 aliphatic carbocycles. The van der Waals surface area contributed by atoms with E-state index in [4.69, 9.17) is 19.9 Å². The minimum atomic E-state index is -0.194. The van der Waals surface area contributed by atoms with Crippen molar-refractivity contribution in [3.05, 3.63) is 24.0 Å². The second-order valence-corrected chi connectivity index (χ2v) is 4.32. The van der Waals surface area contributed by atoms with Crippen LogP contribution in [0.15, 0.2) is 18.5 Å². The van der Waals surface area contributed by atoms with E-state index in [9.17, 15) is 0 Å². The normalized spacial score (nSPS) is 17.9. The van der Waals surface area contributed by atoms with Crippen LogP contribution in [0.1, 0.15) is 31.4 Å². The Kier molecular flexibility index (Phi) is 4.92. The second kappa shape index (κ2) is 6.68. The van der Waals surface area contributed by atoms with E-state index >= 15 is 0 Å². The third kappa shape index (κ3) is 3.66. The van der Waals surface area contributed by atoms with Crippen LogP contribution in [-0.2, 0) is 9.47 Å². The molecule has 18 heavy (non-hydrogen) atoms. The lowest BCUT2D eigenvalue weighted by Crippen LogP contribution is -2.19. The van der Waals surface area contributed by atoms with Gasteiger partial charge >= 0.3 is 0 Å². The topological polar surface area (TPSA) is 66.6 Å². The fourth-order valence-corrected chi connectivity index (χ4v) is 1.82. The molecule has 1 atom stereocenters. The van der Waals surface area contributed by atoms with Gasteiger partial charge in [0.2, 0.25) is 0 Å². The van der Waals surface area contributed by atoms with Gasteiger partial charge in [0.05, 0.1) is 26.0 Å². The van der Waals surface area contributed by atoms with Crippen LogP contribution in [0.4, 0.5) is 0 Å². The monoisotopic (exact) mass is 252 g/mol. The van der Waals surface area contributed by atoms with Crippen molar-refractivity contribution >= 4 is 0 Å². The Morgan fingerprint density at radius 2 is 2.22 bits per heavy atom. The number of aromatic nitrogens is 1. The zero-order valence-electron chi connectivity index (χ0n) is 10.7. The Bertz CT molecular complexity index is 367. The first-order valence-electron chi connectivity index (χ1n) is 6.36. The summed E-state index contributed by atoms with van der Waals surface area (Å²) in [7, 11) is 0. The van der Waals surface area contributed by atoms with Gasteiger partial charge in [-0.3, -0.25) is 4.98 Å². The summed E-state index contributed by atoms with van der Waals surface area (Å²) in [5.74, 6) is 0.762. The Balaban J connectivity index is 1.93. The first-order chi connectivity index (χ1) is 8.79. The summed E-state index contributed by atoms with van der Waals surface area (Å²) in [5, 5.41) is 0. The molecular weight excluding hydrogens is 232 g/mol. The number of pyridine rings is 1. The van der Waals surface area contributed by atoms with E-state index in [0.717, 1.165) is 17.7 Å². The van der Waals surface area contributed by atoms with Crippen LogP contribution < -0.4 is 10.5 Å². The van der Waals surface area contributed by atoms with Crippen LogP contribution in [0.5, 0.6) is 5.75 Å². The Labute approximate surface area is 107 Å². The van der Waals surface area contributed by atoms with Gasteiger partial charge in [-0.1, -0.05) is 6.92 Å². The molecule has 0 aromatic carbocycles. The fraction of sp³-hybridized carbons (Fsp3) is 0.615. The lowest BCUT2D eigenvalue weighted by Gasteiger charge is -2.16. The highest BCUT2D eigenvalue weighted by Crippen LogP contribution is 2.22. The summed E-state index contributed by atoms with van der Waals surface area (Å²) < 4.78 is 16.3. The van der Waals surface area contributed by atoms with Gasteiger partial charge < -0.3 is 19.9 Å². The van der Waals surface area contributed by atoms with Gasteiger partial charge in [0.15, 0.2) is 6.29 Å². The first kappa shape index (κ1) is 13.3. The molecule has 2 rings (SSSR count). The molecule has 2 heterocycles. The zero-order valence-corrected chi connectivity index (χ0v) is 10.7. The number of rotatable bonds is 6. The van der Waals surface area contributed by atoms with Crippen LogP contribution in [0.2, 0.25) is 0 Å². The van der Waals surface area contributed by atoms with Crippen molar-refractivity contribution in [3.8, 4) is 5.75 Å². The quantitative estimate of drug-likeness (QED) is 0.833. The summed E-state index contributed by atoms with van der Waals surface area (Å²) in [6.45, 7) is 4.05. The third-order valence-electron chi connectivity index (χ3n) is 2.77. The molecule has 1 aromatic rings. The van der Waals surface area contributed by atoms with Crippen molar-refractivity contribution in [3.63, 3.8) is 0 Å². The molecule has 1 fully saturated rings. The molecule has 2 N–H and O–H groups in total. The molecule has 1 aliphatic heterocycles. The summed E-state index contributed by atoms with van der Waals surface area (Å²) in [6, 6.07) is 1.79. The maximum Gasteiger partial charge on any atom is 0.159 e. The molecule has 1 unspecified atom stereocenters. The Morgan fingerprint density at radius 1 is 1.44 bits per heavy atom. The van der Waals surface area contributed by atoms with Gasteiger partial charge in [0.25, 0.3) is 0 Å². The van der Waals surface area contributed by atoms with Gasteiger partial charge in [-0.15, -0.1) is 0 Å². The van der Waals surface area contributed by atoms with Crippen molar-refractivity contribution in [2.24, 2.45) is 5.73 Å². The van der Waals surface area contributed by atoms with E-state index in [-0.39, 0.29) is 12.3 Å². The molecule has 0 bridgehead atoms.